The summed E-state index contributed by atoms with van der Waals surface area (Å²) in [5.74, 6) is -0.764. The Bertz CT molecular complexity index is 846. The van der Waals surface area contributed by atoms with Crippen LogP contribution >= 0.6 is 0 Å². The molecule has 10 nitrogen and oxygen atoms in total. The van der Waals surface area contributed by atoms with Crippen molar-refractivity contribution in [3.8, 4) is 0 Å². The fourth-order valence-electron chi connectivity index (χ4n) is 2.43. The molecule has 0 aromatic heterocycles. The van der Waals surface area contributed by atoms with Crippen molar-refractivity contribution in [2.45, 2.75) is 84.2 Å². The first-order valence-corrected chi connectivity index (χ1v) is 13.5. The molecule has 33 heavy (non-hydrogen) atoms. The fraction of sp³-hybridized carbons (Fsp3) is 0.636. The molecule has 0 aliphatic heterocycles. The lowest BCUT2D eigenvalue weighted by atomic mass is 10.2. The average molecular weight is 485 g/mol. The predicted octanol–water partition coefficient (Wildman–Crippen LogP) is 4.53. The second-order valence-electron chi connectivity index (χ2n) is 10.1. The summed E-state index contributed by atoms with van der Waals surface area (Å²) in [6, 6.07) is 5.85. The largest absolute Gasteiger partial charge is 0.467 e. The molecular weight excluding hydrogens is 448 g/mol. The van der Waals surface area contributed by atoms with Gasteiger partial charge in [-0.05, 0) is 44.5 Å². The Morgan fingerprint density at radius 2 is 1.76 bits per heavy atom. The molecule has 0 saturated heterocycles. The Balaban J connectivity index is 3.24. The van der Waals surface area contributed by atoms with Crippen LogP contribution in [0.15, 0.2) is 24.3 Å². The van der Waals surface area contributed by atoms with Gasteiger partial charge in [0.1, 0.15) is 5.60 Å². The van der Waals surface area contributed by atoms with E-state index in [9.17, 15) is 19.7 Å². The number of alkyl carbamates (subject to hydrolysis) is 1. The predicted molar refractivity (Wildman–Crippen MR) is 125 cm³/mol. The minimum atomic E-state index is -2.49. The lowest BCUT2D eigenvalue weighted by Crippen LogP contribution is -2.57. The van der Waals surface area contributed by atoms with Crippen LogP contribution in [0.3, 0.4) is 0 Å². The molecule has 0 heterocycles. The Kier molecular flexibility index (Phi) is 9.58. The lowest BCUT2D eigenvalue weighted by Gasteiger charge is -2.40. The molecule has 2 atom stereocenters. The third kappa shape index (κ3) is 9.10. The van der Waals surface area contributed by atoms with Crippen molar-refractivity contribution in [1.82, 2.24) is 5.32 Å². The number of amides is 1. The zero-order valence-corrected chi connectivity index (χ0v) is 21.9. The van der Waals surface area contributed by atoms with E-state index >= 15 is 0 Å². The number of carbonyl (C=O) groups is 2. The molecule has 1 rings (SSSR count). The van der Waals surface area contributed by atoms with E-state index in [0.29, 0.717) is 5.56 Å². The van der Waals surface area contributed by atoms with E-state index in [1.165, 1.54) is 25.3 Å². The van der Waals surface area contributed by atoms with Crippen LogP contribution in [0.2, 0.25) is 18.1 Å². The molecule has 0 aliphatic carbocycles. The van der Waals surface area contributed by atoms with Crippen LogP contribution in [0.4, 0.5) is 10.5 Å². The summed E-state index contributed by atoms with van der Waals surface area (Å²) >= 11 is 0. The molecule has 1 aromatic rings. The number of carbonyl (C=O) groups excluding carboxylic acids is 2. The van der Waals surface area contributed by atoms with E-state index in [-0.39, 0.29) is 17.3 Å². The Morgan fingerprint density at radius 3 is 2.24 bits per heavy atom. The van der Waals surface area contributed by atoms with Crippen molar-refractivity contribution >= 4 is 26.1 Å². The molecule has 186 valence electrons. The third-order valence-corrected chi connectivity index (χ3v) is 9.60. The van der Waals surface area contributed by atoms with Gasteiger partial charge in [-0.1, -0.05) is 32.9 Å². The number of nitro benzene ring substituents is 1. The Hall–Kier alpha value is -2.50. The zero-order valence-electron chi connectivity index (χ0n) is 20.9. The molecule has 0 spiro atoms. The first-order chi connectivity index (χ1) is 15.0. The number of ether oxygens (including phenoxy) is 3. The van der Waals surface area contributed by atoms with E-state index in [4.69, 9.17) is 18.6 Å². The molecule has 0 radical (unpaired) electrons. The van der Waals surface area contributed by atoms with E-state index < -0.39 is 43.2 Å². The molecule has 0 aliphatic rings. The highest BCUT2D eigenvalue weighted by molar-refractivity contribution is 6.74. The van der Waals surface area contributed by atoms with Gasteiger partial charge in [0.25, 0.3) is 5.69 Å². The van der Waals surface area contributed by atoms with Gasteiger partial charge in [-0.3, -0.25) is 15.4 Å². The summed E-state index contributed by atoms with van der Waals surface area (Å²) in [4.78, 5) is 35.7. The van der Waals surface area contributed by atoms with Crippen LogP contribution < -0.4 is 5.32 Å². The van der Waals surface area contributed by atoms with Crippen molar-refractivity contribution < 1.29 is 33.1 Å². The van der Waals surface area contributed by atoms with Crippen molar-refractivity contribution in [1.29, 1.82) is 0 Å². The van der Waals surface area contributed by atoms with Gasteiger partial charge < -0.3 is 18.6 Å². The monoisotopic (exact) mass is 484 g/mol. The molecule has 11 heteroatoms. The van der Waals surface area contributed by atoms with Crippen molar-refractivity contribution in [2.75, 3.05) is 7.11 Å². The lowest BCUT2D eigenvalue weighted by molar-refractivity contribution is -0.385. The number of methoxy groups -OCH3 is 1. The van der Waals surface area contributed by atoms with Gasteiger partial charge in [0.05, 0.1) is 18.6 Å². The summed E-state index contributed by atoms with van der Waals surface area (Å²) in [6.07, 6.45) is -3.32. The van der Waals surface area contributed by atoms with Crippen LogP contribution in [-0.4, -0.2) is 50.3 Å². The minimum absolute atomic E-state index is 0.105. The van der Waals surface area contributed by atoms with Crippen molar-refractivity contribution in [3.05, 3.63) is 39.9 Å². The maximum Gasteiger partial charge on any atom is 0.409 e. The van der Waals surface area contributed by atoms with Gasteiger partial charge >= 0.3 is 12.1 Å². The third-order valence-electron chi connectivity index (χ3n) is 5.15. The standard InChI is InChI=1S/C22H36N2O8Si/c1-21(2,3)31-20(26)23-18(32-33(8,9)22(4,5)6)17(19(25)29-7)30-14-15-11-10-12-16(13-15)24(27)28/h10-13,17-18H,14H2,1-9H3,(H,23,26)/t17-,18+/m0/s1. The number of rotatable bonds is 9. The van der Waals surface area contributed by atoms with E-state index in [2.05, 4.69) is 5.32 Å². The summed E-state index contributed by atoms with van der Waals surface area (Å²) in [6.45, 7) is 15.0. The van der Waals surface area contributed by atoms with Crippen LogP contribution in [0.5, 0.6) is 0 Å². The van der Waals surface area contributed by atoms with Gasteiger partial charge in [-0.2, -0.15) is 0 Å². The number of nitro groups is 1. The van der Waals surface area contributed by atoms with Crippen LogP contribution in [0, 0.1) is 10.1 Å². The molecule has 0 saturated carbocycles. The number of benzene rings is 1. The number of nitrogens with zero attached hydrogens (tertiary/aromatic N) is 1. The highest BCUT2D eigenvalue weighted by Crippen LogP contribution is 2.37. The first-order valence-electron chi connectivity index (χ1n) is 10.6. The topological polar surface area (TPSA) is 126 Å². The van der Waals surface area contributed by atoms with Gasteiger partial charge in [-0.25, -0.2) is 9.59 Å². The maximum absolute atomic E-state index is 12.6. The van der Waals surface area contributed by atoms with E-state index in [0.717, 1.165) is 0 Å². The molecule has 0 fully saturated rings. The number of hydrogen-bond donors (Lipinski definition) is 1. The molecule has 0 bridgehead atoms. The van der Waals surface area contributed by atoms with Crippen LogP contribution in [0.25, 0.3) is 0 Å². The SMILES string of the molecule is COC(=O)[C@@H](OCc1cccc([N+](=O)[O-])c1)[C@H](NC(=O)OC(C)(C)C)O[Si](C)(C)C(C)(C)C. The van der Waals surface area contributed by atoms with Gasteiger partial charge in [0, 0.05) is 12.1 Å². The number of nitrogens with one attached hydrogen (secondary N) is 1. The Labute approximate surface area is 196 Å². The molecule has 0 unspecified atom stereocenters. The first kappa shape index (κ1) is 28.5. The molecular formula is C22H36N2O8Si. The smallest absolute Gasteiger partial charge is 0.409 e. The van der Waals surface area contributed by atoms with Gasteiger partial charge in [0.15, 0.2) is 20.6 Å². The quantitative estimate of drug-likeness (QED) is 0.178. The summed E-state index contributed by atoms with van der Waals surface area (Å²) in [5, 5.41) is 13.4. The van der Waals surface area contributed by atoms with Gasteiger partial charge in [-0.15, -0.1) is 0 Å². The average Bonchev–Trinajstić information content (AvgIpc) is 2.65. The second-order valence-corrected chi connectivity index (χ2v) is 14.9. The summed E-state index contributed by atoms with van der Waals surface area (Å²) in [5.41, 5.74) is -0.399. The van der Waals surface area contributed by atoms with Crippen LogP contribution in [0.1, 0.15) is 47.1 Å². The number of esters is 1. The normalized spacial score (nSPS) is 14.2. The number of non-ortho nitro benzene ring substituents is 1. The Morgan fingerprint density at radius 1 is 1.15 bits per heavy atom. The second kappa shape index (κ2) is 11.1. The van der Waals surface area contributed by atoms with Crippen molar-refractivity contribution in [2.24, 2.45) is 0 Å². The highest BCUT2D eigenvalue weighted by atomic mass is 28.4. The highest BCUT2D eigenvalue weighted by Gasteiger charge is 2.44. The summed E-state index contributed by atoms with van der Waals surface area (Å²) < 4.78 is 22.3. The summed E-state index contributed by atoms with van der Waals surface area (Å²) in [7, 11) is -1.30. The van der Waals surface area contributed by atoms with Crippen LogP contribution in [-0.2, 0) is 30.0 Å². The molecule has 1 amide bonds. The fourth-order valence-corrected chi connectivity index (χ4v) is 3.60. The number of hydrogen-bond acceptors (Lipinski definition) is 8. The maximum atomic E-state index is 12.6. The van der Waals surface area contributed by atoms with E-state index in [1.807, 2.05) is 33.9 Å². The van der Waals surface area contributed by atoms with Gasteiger partial charge in [0.2, 0.25) is 0 Å². The van der Waals surface area contributed by atoms with Crippen molar-refractivity contribution in [3.63, 3.8) is 0 Å². The zero-order chi connectivity index (χ0) is 25.6. The molecule has 1 aromatic carbocycles. The van der Waals surface area contributed by atoms with E-state index in [1.54, 1.807) is 26.8 Å². The molecule has 1 N–H and O–H groups in total. The minimum Gasteiger partial charge on any atom is -0.467 e.